The fourth-order valence-electron chi connectivity index (χ4n) is 1.11. The van der Waals surface area contributed by atoms with Crippen LogP contribution in [0.3, 0.4) is 0 Å². The second kappa shape index (κ2) is 4.68. The number of nitrogens with one attached hydrogen (secondary N) is 2. The number of rotatable bonds is 5. The quantitative estimate of drug-likeness (QED) is 0.348. The molecule has 0 aliphatic carbocycles. The van der Waals surface area contributed by atoms with E-state index in [4.69, 9.17) is 0 Å². The molecule has 0 saturated carbocycles. The van der Waals surface area contributed by atoms with Gasteiger partial charge < -0.3 is 10.5 Å². The zero-order valence-corrected chi connectivity index (χ0v) is 8.12. The average molecular weight is 150 g/mol. The van der Waals surface area contributed by atoms with Crippen molar-refractivity contribution in [2.45, 2.75) is 19.4 Å². The van der Waals surface area contributed by atoms with Gasteiger partial charge in [0.2, 0.25) is 0 Å². The van der Waals surface area contributed by atoms with Crippen LogP contribution in [-0.4, -0.2) is 35.1 Å². The van der Waals surface area contributed by atoms with Gasteiger partial charge in [0, 0.05) is 12.1 Å². The molecule has 0 fully saturated rings. The van der Waals surface area contributed by atoms with Gasteiger partial charge in [0.1, 0.15) is 0 Å². The Bertz CT molecular complexity index is 132. The van der Waals surface area contributed by atoms with Crippen molar-refractivity contribution in [2.24, 2.45) is 0 Å². The second-order valence-corrected chi connectivity index (χ2v) is 3.17. The van der Waals surface area contributed by atoms with Gasteiger partial charge in [-0.3, -0.25) is 0 Å². The molecule has 0 aliphatic rings. The van der Waals surface area contributed by atoms with Crippen LogP contribution < -0.4 is 10.5 Å². The zero-order valence-electron chi connectivity index (χ0n) is 8.12. The van der Waals surface area contributed by atoms with Crippen LogP contribution in [0.1, 0.15) is 13.8 Å². The van der Waals surface area contributed by atoms with E-state index < -0.39 is 0 Å². The molecule has 0 radical (unpaired) electrons. The normalized spacial score (nSPS) is 15.5. The summed E-state index contributed by atoms with van der Waals surface area (Å²) in [4.78, 5) is 0. The minimum Gasteiger partial charge on any atom is -0.360 e. The molecule has 0 spiro atoms. The van der Waals surface area contributed by atoms with Crippen LogP contribution in [0, 0.1) is 0 Å². The first-order valence-corrected chi connectivity index (χ1v) is 4.12. The number of hydrogen-bond donors (Lipinski definition) is 2. The molecule has 0 aromatic rings. The van der Waals surface area contributed by atoms with Crippen molar-refractivity contribution in [3.63, 3.8) is 0 Å². The Balaban J connectivity index is 4.13. The lowest BCUT2D eigenvalue weighted by Gasteiger charge is -2.31. The van der Waals surface area contributed by atoms with Crippen LogP contribution in [0.2, 0.25) is 0 Å². The van der Waals surface area contributed by atoms with Crippen LogP contribution in [-0.2, 0) is 0 Å². The van der Waals surface area contributed by atoms with Crippen molar-refractivity contribution >= 4 is 23.0 Å². The van der Waals surface area contributed by atoms with E-state index in [0.717, 1.165) is 13.8 Å². The molecule has 0 aromatic heterocycles. The van der Waals surface area contributed by atoms with E-state index >= 15 is 0 Å². The topological polar surface area (TPSA) is 24.1 Å². The molecule has 2 N–H and O–H groups in total. The van der Waals surface area contributed by atoms with Gasteiger partial charge in [0.15, 0.2) is 15.3 Å². The van der Waals surface area contributed by atoms with E-state index in [0.29, 0.717) is 0 Å². The third-order valence-corrected chi connectivity index (χ3v) is 2.04. The third kappa shape index (κ3) is 3.17. The number of hydrogen-bond acceptors (Lipinski definition) is 2. The van der Waals surface area contributed by atoms with Crippen molar-refractivity contribution in [1.29, 1.82) is 0 Å². The fourth-order valence-corrected chi connectivity index (χ4v) is 1.11. The second-order valence-electron chi connectivity index (χ2n) is 3.17. The highest BCUT2D eigenvalue weighted by Crippen LogP contribution is 2.11. The van der Waals surface area contributed by atoms with Crippen molar-refractivity contribution in [1.82, 2.24) is 10.5 Å². The summed E-state index contributed by atoms with van der Waals surface area (Å²) in [6.45, 7) is 9.11. The van der Waals surface area contributed by atoms with E-state index in [9.17, 15) is 0 Å². The zero-order chi connectivity index (χ0) is 8.91. The fraction of sp³-hybridized carbons (Fsp3) is 0.667. The van der Waals surface area contributed by atoms with Gasteiger partial charge in [0.25, 0.3) is 0 Å². The largest absolute Gasteiger partial charge is 0.360 e. The minimum absolute atomic E-state index is 0.0451. The summed E-state index contributed by atoms with van der Waals surface area (Å²) in [5.41, 5.74) is 1.22. The molecule has 0 unspecified atom stereocenters. The molecule has 0 heterocycles. The van der Waals surface area contributed by atoms with Crippen molar-refractivity contribution in [3.8, 4) is 0 Å². The molecular weight excluding hydrogens is 133 g/mol. The van der Waals surface area contributed by atoms with Gasteiger partial charge in [-0.05, 0) is 13.8 Å². The molecule has 0 rings (SSSR count). The molecule has 0 aromatic carbocycles. The van der Waals surface area contributed by atoms with Gasteiger partial charge in [0.05, 0.1) is 7.74 Å². The first-order valence-electron chi connectivity index (χ1n) is 4.12. The standard InChI is InChI=1S/C6H17B3N2/c1-5(2)6(3,4-10-8)11-9-7/h9-11H,1,4,7-8H2,2-3H3/t6-/m0/s1. The smallest absolute Gasteiger partial charge is 0.182 e. The highest BCUT2D eigenvalue weighted by atomic mass is 14.9. The molecule has 60 valence electrons. The maximum atomic E-state index is 3.96. The summed E-state index contributed by atoms with van der Waals surface area (Å²) < 4.78 is 0. The highest BCUT2D eigenvalue weighted by molar-refractivity contribution is 6.87. The highest BCUT2D eigenvalue weighted by Gasteiger charge is 2.21. The van der Waals surface area contributed by atoms with E-state index in [2.05, 4.69) is 38.6 Å². The Morgan fingerprint density at radius 3 is 2.55 bits per heavy atom. The Morgan fingerprint density at radius 2 is 2.27 bits per heavy atom. The third-order valence-electron chi connectivity index (χ3n) is 2.04. The minimum atomic E-state index is 0.0451. The summed E-state index contributed by atoms with van der Waals surface area (Å²) in [5.74, 6) is 0. The van der Waals surface area contributed by atoms with E-state index in [1.54, 1.807) is 0 Å². The summed E-state index contributed by atoms with van der Waals surface area (Å²) >= 11 is 0. The first-order chi connectivity index (χ1) is 5.06. The lowest BCUT2D eigenvalue weighted by molar-refractivity contribution is 0.499. The van der Waals surface area contributed by atoms with E-state index in [-0.39, 0.29) is 5.54 Å². The summed E-state index contributed by atoms with van der Waals surface area (Å²) in [7, 11) is 5.04. The molecule has 0 amide bonds. The van der Waals surface area contributed by atoms with Gasteiger partial charge in [-0.1, -0.05) is 12.2 Å². The van der Waals surface area contributed by atoms with Crippen LogP contribution in [0.5, 0.6) is 0 Å². The lowest BCUT2D eigenvalue weighted by atomic mass is 9.65. The predicted octanol–water partition coefficient (Wildman–Crippen LogP) is -2.05. The monoisotopic (exact) mass is 150 g/mol. The summed E-state index contributed by atoms with van der Waals surface area (Å²) in [6, 6.07) is 0. The Morgan fingerprint density at radius 1 is 1.73 bits per heavy atom. The molecule has 0 saturated heterocycles. The van der Waals surface area contributed by atoms with Crippen LogP contribution in [0.4, 0.5) is 0 Å². The van der Waals surface area contributed by atoms with Gasteiger partial charge in [-0.15, -0.1) is 0 Å². The molecule has 0 bridgehead atoms. The Hall–Kier alpha value is -0.145. The molecule has 11 heavy (non-hydrogen) atoms. The average Bonchev–Trinajstić information content (AvgIpc) is 1.88. The molecule has 2 nitrogen and oxygen atoms in total. The molecule has 5 heteroatoms. The first kappa shape index (κ1) is 10.9. The van der Waals surface area contributed by atoms with Crippen LogP contribution in [0.15, 0.2) is 12.2 Å². The van der Waals surface area contributed by atoms with E-state index in [1.807, 2.05) is 7.98 Å². The Labute approximate surface area is 72.3 Å². The molecular formula is C6H17B3N2. The summed E-state index contributed by atoms with van der Waals surface area (Å²) in [6.07, 6.45) is 0. The maximum Gasteiger partial charge on any atom is 0.182 e. The molecule has 0 aliphatic heterocycles. The van der Waals surface area contributed by atoms with Crippen molar-refractivity contribution in [3.05, 3.63) is 12.2 Å². The van der Waals surface area contributed by atoms with Gasteiger partial charge in [-0.2, -0.15) is 0 Å². The van der Waals surface area contributed by atoms with Crippen molar-refractivity contribution in [2.75, 3.05) is 6.54 Å². The van der Waals surface area contributed by atoms with Gasteiger partial charge in [-0.25, -0.2) is 0 Å². The molecule has 1 atom stereocenters. The maximum absolute atomic E-state index is 3.96. The lowest BCUT2D eigenvalue weighted by Crippen LogP contribution is -2.52. The van der Waals surface area contributed by atoms with Crippen molar-refractivity contribution < 1.29 is 0 Å². The SMILES string of the molecule is BBN[C@@](C)(CNB)C(=C)C. The van der Waals surface area contributed by atoms with Crippen LogP contribution >= 0.6 is 0 Å². The predicted molar refractivity (Wildman–Crippen MR) is 58.6 cm³/mol. The van der Waals surface area contributed by atoms with Gasteiger partial charge >= 0.3 is 0 Å². The summed E-state index contributed by atoms with van der Waals surface area (Å²) in [5, 5.41) is 6.55. The van der Waals surface area contributed by atoms with Crippen LogP contribution in [0.25, 0.3) is 0 Å². The van der Waals surface area contributed by atoms with E-state index in [1.165, 1.54) is 5.57 Å². The Kier molecular flexibility index (Phi) is 4.61.